The molecule has 4 rings (SSSR count). The van der Waals surface area contributed by atoms with E-state index in [2.05, 4.69) is 16.9 Å². The lowest BCUT2D eigenvalue weighted by Gasteiger charge is -2.36. The maximum Gasteiger partial charge on any atom is 0.416 e. The van der Waals surface area contributed by atoms with Crippen LogP contribution in [0.1, 0.15) is 45.8 Å². The molecule has 0 aliphatic carbocycles. The number of hydrogen-bond donors (Lipinski definition) is 1. The van der Waals surface area contributed by atoms with Crippen LogP contribution in [0.15, 0.2) is 42.7 Å². The maximum atomic E-state index is 12.4. The van der Waals surface area contributed by atoms with Crippen LogP contribution in [0.4, 0.5) is 13.2 Å². The van der Waals surface area contributed by atoms with Crippen LogP contribution in [-0.4, -0.2) is 54.6 Å². The summed E-state index contributed by atoms with van der Waals surface area (Å²) in [5.41, 5.74) is 0.646. The molecule has 1 N–H and O–H groups in total. The molecule has 1 aromatic heterocycles. The Balaban J connectivity index is 0.000000177. The number of aldehydes is 1. The molecule has 2 aliphatic heterocycles. The van der Waals surface area contributed by atoms with E-state index in [1.54, 1.807) is 24.4 Å². The Morgan fingerprint density at radius 2 is 1.80 bits per heavy atom. The van der Waals surface area contributed by atoms with E-state index in [4.69, 9.17) is 4.74 Å². The van der Waals surface area contributed by atoms with Gasteiger partial charge in [0, 0.05) is 23.5 Å². The number of likely N-dealkylation sites (tertiary alicyclic amines) is 1. The third kappa shape index (κ3) is 5.44. The number of piperidine rings is 1. The number of pyridine rings is 1. The van der Waals surface area contributed by atoms with Crippen molar-refractivity contribution in [3.05, 3.63) is 65.0 Å². The van der Waals surface area contributed by atoms with Gasteiger partial charge in [0.15, 0.2) is 6.29 Å². The van der Waals surface area contributed by atoms with Gasteiger partial charge in [0.05, 0.1) is 18.8 Å². The molecule has 0 atom stereocenters. The second kappa shape index (κ2) is 9.24. The molecule has 0 amide bonds. The fraction of sp³-hybridized carbons (Fsp3) is 0.455. The summed E-state index contributed by atoms with van der Waals surface area (Å²) < 4.78 is 42.1. The van der Waals surface area contributed by atoms with Gasteiger partial charge in [0.25, 0.3) is 0 Å². The molecule has 2 saturated heterocycles. The van der Waals surface area contributed by atoms with Crippen molar-refractivity contribution in [2.24, 2.45) is 0 Å². The summed E-state index contributed by atoms with van der Waals surface area (Å²) >= 11 is 0. The van der Waals surface area contributed by atoms with Gasteiger partial charge in [-0.3, -0.25) is 9.78 Å². The zero-order valence-electron chi connectivity index (χ0n) is 16.7. The fourth-order valence-electron chi connectivity index (χ4n) is 3.52. The normalized spacial score (nSPS) is 19.4. The maximum absolute atomic E-state index is 12.4. The summed E-state index contributed by atoms with van der Waals surface area (Å²) in [4.78, 5) is 16.5. The Bertz CT molecular complexity index is 843. The first-order valence-corrected chi connectivity index (χ1v) is 9.78. The number of halogens is 3. The van der Waals surface area contributed by atoms with Crippen molar-refractivity contribution >= 4 is 6.29 Å². The molecule has 2 aliphatic rings. The molecule has 2 aromatic rings. The highest BCUT2D eigenvalue weighted by Gasteiger charge is 2.38. The number of ether oxygens (including phenoxy) is 1. The van der Waals surface area contributed by atoms with Crippen molar-refractivity contribution in [2.75, 3.05) is 33.4 Å². The number of carbonyl (C=O) groups is 1. The topological polar surface area (TPSA) is 62.7 Å². The Labute approximate surface area is 173 Å². The molecule has 8 heteroatoms. The summed E-state index contributed by atoms with van der Waals surface area (Å²) in [7, 11) is 2.07. The van der Waals surface area contributed by atoms with Crippen LogP contribution >= 0.6 is 0 Å². The van der Waals surface area contributed by atoms with Crippen molar-refractivity contribution in [1.82, 2.24) is 9.88 Å². The molecule has 0 spiro atoms. The number of aromatic nitrogens is 1. The van der Waals surface area contributed by atoms with Crippen LogP contribution in [0.2, 0.25) is 0 Å². The van der Waals surface area contributed by atoms with Gasteiger partial charge in [-0.1, -0.05) is 12.1 Å². The van der Waals surface area contributed by atoms with E-state index in [0.29, 0.717) is 23.3 Å². The lowest BCUT2D eigenvalue weighted by molar-refractivity contribution is -0.184. The van der Waals surface area contributed by atoms with Crippen LogP contribution in [0.5, 0.6) is 0 Å². The quantitative estimate of drug-likeness (QED) is 0.766. The van der Waals surface area contributed by atoms with Gasteiger partial charge in [-0.05, 0) is 62.7 Å². The molecule has 0 radical (unpaired) electrons. The van der Waals surface area contributed by atoms with Crippen LogP contribution in [-0.2, 0) is 16.5 Å². The molecular formula is C22H25F3N2O3. The third-order valence-electron chi connectivity index (χ3n) is 5.54. The van der Waals surface area contributed by atoms with Gasteiger partial charge in [-0.15, -0.1) is 0 Å². The number of aliphatic hydroxyl groups is 1. The van der Waals surface area contributed by atoms with E-state index in [1.165, 1.54) is 18.3 Å². The van der Waals surface area contributed by atoms with E-state index < -0.39 is 17.3 Å². The van der Waals surface area contributed by atoms with Crippen molar-refractivity contribution in [3.63, 3.8) is 0 Å². The van der Waals surface area contributed by atoms with Gasteiger partial charge >= 0.3 is 6.18 Å². The highest BCUT2D eigenvalue weighted by atomic mass is 19.4. The summed E-state index contributed by atoms with van der Waals surface area (Å²) in [6.45, 7) is 2.59. The van der Waals surface area contributed by atoms with Crippen LogP contribution in [0, 0.1) is 0 Å². The van der Waals surface area contributed by atoms with Crippen molar-refractivity contribution in [3.8, 4) is 0 Å². The van der Waals surface area contributed by atoms with E-state index in [0.717, 1.165) is 31.5 Å². The highest BCUT2D eigenvalue weighted by Crippen LogP contribution is 2.32. The second-order valence-corrected chi connectivity index (χ2v) is 7.85. The Morgan fingerprint density at radius 1 is 1.17 bits per heavy atom. The highest BCUT2D eigenvalue weighted by molar-refractivity contribution is 5.74. The molecule has 2 fully saturated rings. The average Bonchev–Trinajstić information content (AvgIpc) is 2.72. The average molecular weight is 422 g/mol. The van der Waals surface area contributed by atoms with E-state index >= 15 is 0 Å². The minimum Gasteiger partial charge on any atom is -0.380 e. The predicted octanol–water partition coefficient (Wildman–Crippen LogP) is 3.63. The lowest BCUT2D eigenvalue weighted by Crippen LogP contribution is -2.46. The largest absolute Gasteiger partial charge is 0.416 e. The molecule has 5 nitrogen and oxygen atoms in total. The first-order valence-electron chi connectivity index (χ1n) is 9.78. The number of hydrogen-bond acceptors (Lipinski definition) is 5. The summed E-state index contributed by atoms with van der Waals surface area (Å²) in [5, 5.41) is 9.82. The van der Waals surface area contributed by atoms with E-state index in [-0.39, 0.29) is 13.2 Å². The molecule has 162 valence electrons. The van der Waals surface area contributed by atoms with E-state index in [1.807, 2.05) is 0 Å². The standard InChI is InChI=1S/C13H16F3N.C9H9NO3/c1-17-8-6-11(7-9-17)10-2-4-12(5-3-10)13(14,15)16;11-4-7-1-8(3-10-2-7)9(12)5-13-6-9/h2-5,11H,6-9H2,1H3;1-4,12H,5-6H2. The summed E-state index contributed by atoms with van der Waals surface area (Å²) in [6.07, 6.45) is 1.54. The fourth-order valence-corrected chi connectivity index (χ4v) is 3.52. The molecule has 1 aromatic carbocycles. The number of nitrogens with zero attached hydrogens (tertiary/aromatic N) is 2. The zero-order valence-corrected chi connectivity index (χ0v) is 16.7. The number of rotatable bonds is 3. The first-order chi connectivity index (χ1) is 14.2. The van der Waals surface area contributed by atoms with Gasteiger partial charge in [0.2, 0.25) is 0 Å². The lowest BCUT2D eigenvalue weighted by atomic mass is 9.89. The minimum absolute atomic E-state index is 0.275. The number of benzene rings is 1. The molecule has 0 bridgehead atoms. The Kier molecular flexibility index (Phi) is 6.90. The number of alkyl halides is 3. The SMILES string of the molecule is CN1CCC(c2ccc(C(F)(F)F)cc2)CC1.O=Cc1cncc(C2(O)COC2)c1. The molecule has 30 heavy (non-hydrogen) atoms. The van der Waals surface area contributed by atoms with Crippen molar-refractivity contribution in [2.45, 2.75) is 30.5 Å². The summed E-state index contributed by atoms with van der Waals surface area (Å²) in [5.74, 6) is 0.411. The molecule has 0 saturated carbocycles. The summed E-state index contributed by atoms with van der Waals surface area (Å²) in [6, 6.07) is 7.25. The van der Waals surface area contributed by atoms with Crippen LogP contribution < -0.4 is 0 Å². The molecule has 3 heterocycles. The smallest absolute Gasteiger partial charge is 0.380 e. The molecule has 0 unspecified atom stereocenters. The van der Waals surface area contributed by atoms with Crippen molar-refractivity contribution in [1.29, 1.82) is 0 Å². The van der Waals surface area contributed by atoms with E-state index in [9.17, 15) is 23.1 Å². The minimum atomic E-state index is -4.23. The monoisotopic (exact) mass is 422 g/mol. The zero-order chi connectivity index (χ0) is 21.8. The van der Waals surface area contributed by atoms with Crippen LogP contribution in [0.3, 0.4) is 0 Å². The van der Waals surface area contributed by atoms with Gasteiger partial charge in [-0.2, -0.15) is 13.2 Å². The molecular weight excluding hydrogens is 397 g/mol. The first kappa shape index (κ1) is 22.4. The predicted molar refractivity (Wildman–Crippen MR) is 105 cm³/mol. The Hall–Kier alpha value is -2.29. The third-order valence-corrected chi connectivity index (χ3v) is 5.54. The number of carbonyl (C=O) groups excluding carboxylic acids is 1. The van der Waals surface area contributed by atoms with Crippen molar-refractivity contribution < 1.29 is 27.8 Å². The van der Waals surface area contributed by atoms with Gasteiger partial charge in [-0.25, -0.2) is 0 Å². The van der Waals surface area contributed by atoms with Gasteiger partial charge < -0.3 is 14.7 Å². The van der Waals surface area contributed by atoms with Crippen LogP contribution in [0.25, 0.3) is 0 Å². The van der Waals surface area contributed by atoms with Gasteiger partial charge in [0.1, 0.15) is 5.60 Å². The second-order valence-electron chi connectivity index (χ2n) is 7.85. The Morgan fingerprint density at radius 3 is 2.30 bits per heavy atom.